The van der Waals surface area contributed by atoms with Crippen LogP contribution >= 0.6 is 24.0 Å². The lowest BCUT2D eigenvalue weighted by molar-refractivity contribution is -0.142. The maximum absolute atomic E-state index is 13.0. The molecule has 26 heavy (non-hydrogen) atoms. The Balaban J connectivity index is 0.00000338. The predicted molar refractivity (Wildman–Crippen MR) is 108 cm³/mol. The third kappa shape index (κ3) is 6.62. The Hall–Kier alpha value is -1.00. The van der Waals surface area contributed by atoms with E-state index in [1.807, 2.05) is 6.92 Å². The molecular weight excluding hydrogens is 458 g/mol. The Morgan fingerprint density at radius 3 is 2.46 bits per heavy atom. The lowest BCUT2D eigenvalue weighted by Gasteiger charge is -2.29. The summed E-state index contributed by atoms with van der Waals surface area (Å²) in [5.74, 6) is 1.36. The van der Waals surface area contributed by atoms with Crippen LogP contribution in [0.4, 0.5) is 13.2 Å². The number of rotatable bonds is 5. The van der Waals surface area contributed by atoms with Gasteiger partial charge in [-0.2, -0.15) is 18.3 Å². The average molecular weight is 487 g/mol. The van der Waals surface area contributed by atoms with Crippen LogP contribution in [0.15, 0.2) is 11.2 Å². The maximum Gasteiger partial charge on any atom is 0.435 e. The van der Waals surface area contributed by atoms with Crippen LogP contribution in [0.1, 0.15) is 57.2 Å². The standard InChI is InChI=1S/C17H28F3N5.HI/c1-4-12-6-8-14(9-7-12)23-16(21-5-2)22-10-13-11-25(3)24-15(13)17(18,19)20;/h11-12,14H,4-10H2,1-3H3,(H2,21,22,23);1H. The van der Waals surface area contributed by atoms with Crippen LogP contribution < -0.4 is 10.6 Å². The molecular formula is C17H29F3IN5. The molecule has 1 aliphatic carbocycles. The second-order valence-corrected chi connectivity index (χ2v) is 6.64. The number of guanidine groups is 1. The molecule has 1 fully saturated rings. The molecule has 1 saturated carbocycles. The zero-order chi connectivity index (χ0) is 18.4. The quantitative estimate of drug-likeness (QED) is 0.374. The van der Waals surface area contributed by atoms with Gasteiger partial charge in [-0.15, -0.1) is 24.0 Å². The van der Waals surface area contributed by atoms with E-state index in [9.17, 15) is 13.2 Å². The number of halogens is 4. The topological polar surface area (TPSA) is 54.2 Å². The summed E-state index contributed by atoms with van der Waals surface area (Å²) in [5.41, 5.74) is -0.778. The van der Waals surface area contributed by atoms with Gasteiger partial charge in [-0.3, -0.25) is 4.68 Å². The fourth-order valence-corrected chi connectivity index (χ4v) is 3.28. The third-order valence-electron chi connectivity index (χ3n) is 4.69. The van der Waals surface area contributed by atoms with E-state index >= 15 is 0 Å². The molecule has 1 aromatic rings. The van der Waals surface area contributed by atoms with Gasteiger partial charge in [-0.05, 0) is 38.5 Å². The van der Waals surface area contributed by atoms with Gasteiger partial charge >= 0.3 is 6.18 Å². The van der Waals surface area contributed by atoms with Crippen LogP contribution in [-0.4, -0.2) is 28.3 Å². The Morgan fingerprint density at radius 1 is 1.27 bits per heavy atom. The molecule has 1 aromatic heterocycles. The van der Waals surface area contributed by atoms with Gasteiger partial charge in [-0.1, -0.05) is 13.3 Å². The van der Waals surface area contributed by atoms with E-state index in [1.165, 1.54) is 37.2 Å². The summed E-state index contributed by atoms with van der Waals surface area (Å²) < 4.78 is 40.2. The number of hydrogen-bond donors (Lipinski definition) is 2. The molecule has 150 valence electrons. The van der Waals surface area contributed by atoms with Crippen molar-refractivity contribution in [2.45, 2.75) is 64.7 Å². The van der Waals surface area contributed by atoms with Gasteiger partial charge in [0.1, 0.15) is 0 Å². The van der Waals surface area contributed by atoms with Gasteiger partial charge in [0, 0.05) is 31.4 Å². The largest absolute Gasteiger partial charge is 0.435 e. The number of nitrogens with one attached hydrogen (secondary N) is 2. The summed E-state index contributed by atoms with van der Waals surface area (Å²) in [6, 6.07) is 0.330. The molecule has 0 radical (unpaired) electrons. The summed E-state index contributed by atoms with van der Waals surface area (Å²) in [6.07, 6.45) is 2.65. The molecule has 5 nitrogen and oxygen atoms in total. The SMILES string of the molecule is CCNC(=NCc1cn(C)nc1C(F)(F)F)NC1CCC(CC)CC1.I. The van der Waals surface area contributed by atoms with Crippen molar-refractivity contribution in [3.8, 4) is 0 Å². The molecule has 0 atom stereocenters. The first-order valence-electron chi connectivity index (χ1n) is 8.98. The fraction of sp³-hybridized carbons (Fsp3) is 0.765. The van der Waals surface area contributed by atoms with Crippen LogP contribution in [-0.2, 0) is 19.8 Å². The van der Waals surface area contributed by atoms with Gasteiger partial charge in [0.2, 0.25) is 0 Å². The van der Waals surface area contributed by atoms with Crippen molar-refractivity contribution >= 4 is 29.9 Å². The van der Waals surface area contributed by atoms with Gasteiger partial charge in [0.05, 0.1) is 6.54 Å². The zero-order valence-corrected chi connectivity index (χ0v) is 17.9. The highest BCUT2D eigenvalue weighted by Crippen LogP contribution is 2.31. The van der Waals surface area contributed by atoms with Gasteiger partial charge < -0.3 is 10.6 Å². The van der Waals surface area contributed by atoms with Crippen LogP contribution in [0.2, 0.25) is 0 Å². The first-order valence-corrected chi connectivity index (χ1v) is 8.98. The highest BCUT2D eigenvalue weighted by molar-refractivity contribution is 14.0. The van der Waals surface area contributed by atoms with Gasteiger partial charge in [0.15, 0.2) is 11.7 Å². The van der Waals surface area contributed by atoms with Crippen LogP contribution in [0.3, 0.4) is 0 Å². The fourth-order valence-electron chi connectivity index (χ4n) is 3.28. The molecule has 0 bridgehead atoms. The number of hydrogen-bond acceptors (Lipinski definition) is 2. The highest BCUT2D eigenvalue weighted by Gasteiger charge is 2.36. The van der Waals surface area contributed by atoms with Crippen molar-refractivity contribution < 1.29 is 13.2 Å². The second-order valence-electron chi connectivity index (χ2n) is 6.64. The van der Waals surface area contributed by atoms with E-state index in [0.29, 0.717) is 18.5 Å². The number of nitrogens with zero attached hydrogens (tertiary/aromatic N) is 3. The Labute approximate surface area is 170 Å². The van der Waals surface area contributed by atoms with Crippen LogP contribution in [0.25, 0.3) is 0 Å². The van der Waals surface area contributed by atoms with Crippen molar-refractivity contribution in [1.29, 1.82) is 0 Å². The number of aliphatic imine (C=N–C) groups is 1. The minimum absolute atomic E-state index is 0. The molecule has 1 heterocycles. The third-order valence-corrected chi connectivity index (χ3v) is 4.69. The van der Waals surface area contributed by atoms with Crippen molar-refractivity contribution in [2.75, 3.05) is 6.54 Å². The first kappa shape index (κ1) is 23.0. The minimum atomic E-state index is -4.46. The first-order chi connectivity index (χ1) is 11.8. The average Bonchev–Trinajstić information content (AvgIpc) is 2.95. The predicted octanol–water partition coefficient (Wildman–Crippen LogP) is 4.08. The zero-order valence-electron chi connectivity index (χ0n) is 15.6. The van der Waals surface area contributed by atoms with E-state index in [4.69, 9.17) is 0 Å². The van der Waals surface area contributed by atoms with E-state index in [1.54, 1.807) is 0 Å². The van der Waals surface area contributed by atoms with E-state index in [2.05, 4.69) is 27.6 Å². The molecule has 9 heteroatoms. The number of aryl methyl sites for hydroxylation is 1. The van der Waals surface area contributed by atoms with Crippen LogP contribution in [0.5, 0.6) is 0 Å². The Morgan fingerprint density at radius 2 is 1.92 bits per heavy atom. The monoisotopic (exact) mass is 487 g/mol. The molecule has 1 aliphatic rings. The van der Waals surface area contributed by atoms with E-state index in [-0.39, 0.29) is 36.1 Å². The number of aromatic nitrogens is 2. The van der Waals surface area contributed by atoms with E-state index in [0.717, 1.165) is 18.8 Å². The summed E-state index contributed by atoms with van der Waals surface area (Å²) >= 11 is 0. The summed E-state index contributed by atoms with van der Waals surface area (Å²) in [7, 11) is 1.48. The Bertz CT molecular complexity index is 577. The molecule has 0 spiro atoms. The molecule has 0 amide bonds. The molecule has 2 rings (SSSR count). The summed E-state index contributed by atoms with van der Waals surface area (Å²) in [6.45, 7) is 4.77. The van der Waals surface area contributed by atoms with Crippen molar-refractivity contribution in [1.82, 2.24) is 20.4 Å². The lowest BCUT2D eigenvalue weighted by Crippen LogP contribution is -2.44. The molecule has 0 aromatic carbocycles. The molecule has 0 aliphatic heterocycles. The second kappa shape index (κ2) is 10.4. The van der Waals surface area contributed by atoms with Crippen LogP contribution in [0, 0.1) is 5.92 Å². The van der Waals surface area contributed by atoms with E-state index < -0.39 is 11.9 Å². The highest BCUT2D eigenvalue weighted by atomic mass is 127. The summed E-state index contributed by atoms with van der Waals surface area (Å²) in [4.78, 5) is 4.35. The van der Waals surface area contributed by atoms with Crippen molar-refractivity contribution in [3.05, 3.63) is 17.5 Å². The molecule has 2 N–H and O–H groups in total. The number of alkyl halides is 3. The molecule has 0 unspecified atom stereocenters. The lowest BCUT2D eigenvalue weighted by atomic mass is 9.84. The van der Waals surface area contributed by atoms with Gasteiger partial charge in [0.25, 0.3) is 0 Å². The van der Waals surface area contributed by atoms with Crippen molar-refractivity contribution in [3.63, 3.8) is 0 Å². The smallest absolute Gasteiger partial charge is 0.357 e. The minimum Gasteiger partial charge on any atom is -0.357 e. The van der Waals surface area contributed by atoms with Crippen molar-refractivity contribution in [2.24, 2.45) is 18.0 Å². The normalized spacial score (nSPS) is 21.2. The Kier molecular flexibility index (Phi) is 9.18. The molecule has 0 saturated heterocycles. The van der Waals surface area contributed by atoms with Gasteiger partial charge in [-0.25, -0.2) is 4.99 Å². The maximum atomic E-state index is 13.0. The summed E-state index contributed by atoms with van der Waals surface area (Å²) in [5, 5.41) is 10.0.